The van der Waals surface area contributed by atoms with Crippen LogP contribution < -0.4 is 10.6 Å². The predicted molar refractivity (Wildman–Crippen MR) is 68.5 cm³/mol. The van der Waals surface area contributed by atoms with E-state index in [1.54, 1.807) is 0 Å². The van der Waals surface area contributed by atoms with Crippen molar-refractivity contribution in [1.82, 2.24) is 9.97 Å². The van der Waals surface area contributed by atoms with Crippen molar-refractivity contribution < 1.29 is 8.42 Å². The van der Waals surface area contributed by atoms with Crippen LogP contribution in [0.5, 0.6) is 0 Å². The second-order valence-electron chi connectivity index (χ2n) is 4.30. The Hall–Kier alpha value is -1.70. The molecular formula is C10H15N5O2S. The van der Waals surface area contributed by atoms with Crippen LogP contribution >= 0.6 is 0 Å². The van der Waals surface area contributed by atoms with Crippen LogP contribution in [-0.4, -0.2) is 48.3 Å². The molecule has 1 aromatic rings. The van der Waals surface area contributed by atoms with Crippen molar-refractivity contribution in [2.75, 3.05) is 23.0 Å². The van der Waals surface area contributed by atoms with E-state index in [9.17, 15) is 8.42 Å². The second kappa shape index (κ2) is 4.52. The maximum atomic E-state index is 11.5. The van der Waals surface area contributed by atoms with Crippen LogP contribution in [0.15, 0.2) is 12.4 Å². The predicted octanol–water partition coefficient (Wildman–Crippen LogP) is -0.616. The SMILES string of the molecule is CC1CS(=O)(=O)CCN1c1nccnc1C(=N)N. The average molecular weight is 269 g/mol. The lowest BCUT2D eigenvalue weighted by molar-refractivity contribution is 0.566. The zero-order valence-corrected chi connectivity index (χ0v) is 10.8. The van der Waals surface area contributed by atoms with E-state index >= 15 is 0 Å². The largest absolute Gasteiger partial charge is 0.382 e. The molecule has 0 aliphatic carbocycles. The highest BCUT2D eigenvalue weighted by molar-refractivity contribution is 7.91. The van der Waals surface area contributed by atoms with Gasteiger partial charge >= 0.3 is 0 Å². The number of nitrogens with zero attached hydrogens (tertiary/aromatic N) is 3. The van der Waals surface area contributed by atoms with Crippen LogP contribution in [0.25, 0.3) is 0 Å². The lowest BCUT2D eigenvalue weighted by atomic mass is 10.2. The Morgan fingerprint density at radius 3 is 2.78 bits per heavy atom. The fraction of sp³-hybridized carbons (Fsp3) is 0.500. The van der Waals surface area contributed by atoms with Gasteiger partial charge in [0.05, 0.1) is 11.5 Å². The zero-order chi connectivity index (χ0) is 13.3. The summed E-state index contributed by atoms with van der Waals surface area (Å²) in [6, 6.07) is -0.196. The van der Waals surface area contributed by atoms with E-state index in [1.807, 2.05) is 11.8 Å². The van der Waals surface area contributed by atoms with E-state index < -0.39 is 9.84 Å². The van der Waals surface area contributed by atoms with Gasteiger partial charge in [0.25, 0.3) is 0 Å². The molecule has 1 atom stereocenters. The molecule has 2 heterocycles. The molecule has 18 heavy (non-hydrogen) atoms. The van der Waals surface area contributed by atoms with Gasteiger partial charge in [0.2, 0.25) is 0 Å². The van der Waals surface area contributed by atoms with Crippen LogP contribution in [0, 0.1) is 5.41 Å². The molecule has 0 spiro atoms. The minimum atomic E-state index is -2.98. The van der Waals surface area contributed by atoms with Gasteiger partial charge in [-0.05, 0) is 6.92 Å². The van der Waals surface area contributed by atoms with E-state index in [1.165, 1.54) is 12.4 Å². The van der Waals surface area contributed by atoms with E-state index in [4.69, 9.17) is 11.1 Å². The van der Waals surface area contributed by atoms with Crippen LogP contribution in [0.1, 0.15) is 12.6 Å². The van der Waals surface area contributed by atoms with Crippen LogP contribution in [0.2, 0.25) is 0 Å². The first-order valence-electron chi connectivity index (χ1n) is 5.53. The third-order valence-electron chi connectivity index (χ3n) is 2.88. The Morgan fingerprint density at radius 2 is 2.17 bits per heavy atom. The molecule has 0 amide bonds. The van der Waals surface area contributed by atoms with Crippen molar-refractivity contribution >= 4 is 21.5 Å². The average Bonchev–Trinajstić information content (AvgIpc) is 2.28. The lowest BCUT2D eigenvalue weighted by Crippen LogP contribution is -2.48. The molecule has 8 heteroatoms. The number of anilines is 1. The Bertz CT molecular complexity index is 571. The van der Waals surface area contributed by atoms with E-state index in [0.29, 0.717) is 18.1 Å². The van der Waals surface area contributed by atoms with E-state index in [2.05, 4.69) is 9.97 Å². The number of aromatic nitrogens is 2. The number of rotatable bonds is 2. The van der Waals surface area contributed by atoms with Gasteiger partial charge in [-0.25, -0.2) is 18.4 Å². The molecule has 0 aromatic carbocycles. The number of nitrogen functional groups attached to an aromatic ring is 1. The van der Waals surface area contributed by atoms with Gasteiger partial charge in [-0.15, -0.1) is 0 Å². The summed E-state index contributed by atoms with van der Waals surface area (Å²) in [7, 11) is -2.98. The molecule has 0 radical (unpaired) electrons. The molecular weight excluding hydrogens is 254 g/mol. The first-order chi connectivity index (χ1) is 8.41. The molecule has 7 nitrogen and oxygen atoms in total. The van der Waals surface area contributed by atoms with Gasteiger partial charge in [0.15, 0.2) is 15.7 Å². The maximum Gasteiger partial charge on any atom is 0.158 e. The third kappa shape index (κ3) is 2.42. The number of amidine groups is 1. The first kappa shape index (κ1) is 12.7. The quantitative estimate of drug-likeness (QED) is 0.546. The van der Waals surface area contributed by atoms with Crippen molar-refractivity contribution in [3.8, 4) is 0 Å². The summed E-state index contributed by atoms with van der Waals surface area (Å²) in [5.41, 5.74) is 5.75. The van der Waals surface area contributed by atoms with Crippen LogP contribution in [0.4, 0.5) is 5.82 Å². The standard InChI is InChI=1S/C10H15N5O2S/c1-7-6-18(16,17)5-4-15(7)10-8(9(11)12)13-2-3-14-10/h2-3,7H,4-6H2,1H3,(H3,11,12). The topological polar surface area (TPSA) is 113 Å². The van der Waals surface area contributed by atoms with Crippen molar-refractivity contribution in [2.45, 2.75) is 13.0 Å². The fourth-order valence-corrected chi connectivity index (χ4v) is 3.60. The van der Waals surface area contributed by atoms with Gasteiger partial charge in [-0.1, -0.05) is 0 Å². The normalized spacial score (nSPS) is 22.7. The Labute approximate surface area is 105 Å². The first-order valence-corrected chi connectivity index (χ1v) is 7.35. The summed E-state index contributed by atoms with van der Waals surface area (Å²) < 4.78 is 23.1. The zero-order valence-electron chi connectivity index (χ0n) is 10.00. The summed E-state index contributed by atoms with van der Waals surface area (Å²) in [4.78, 5) is 10.0. The second-order valence-corrected chi connectivity index (χ2v) is 6.53. The Balaban J connectivity index is 2.36. The Kier molecular flexibility index (Phi) is 3.20. The summed E-state index contributed by atoms with van der Waals surface area (Å²) in [5, 5.41) is 7.47. The molecule has 1 aliphatic rings. The number of nitrogens with two attached hydrogens (primary N) is 1. The highest BCUT2D eigenvalue weighted by Crippen LogP contribution is 2.21. The van der Waals surface area contributed by atoms with Gasteiger partial charge in [-0.2, -0.15) is 0 Å². The summed E-state index contributed by atoms with van der Waals surface area (Å²) in [6.45, 7) is 2.16. The van der Waals surface area contributed by atoms with Crippen molar-refractivity contribution in [3.05, 3.63) is 18.1 Å². The molecule has 1 unspecified atom stereocenters. The molecule has 0 bridgehead atoms. The molecule has 1 saturated heterocycles. The van der Waals surface area contributed by atoms with Crippen LogP contribution in [-0.2, 0) is 9.84 Å². The number of hydrogen-bond donors (Lipinski definition) is 2. The van der Waals surface area contributed by atoms with Crippen molar-refractivity contribution in [1.29, 1.82) is 5.41 Å². The van der Waals surface area contributed by atoms with E-state index in [-0.39, 0.29) is 23.4 Å². The van der Waals surface area contributed by atoms with Crippen molar-refractivity contribution in [2.24, 2.45) is 5.73 Å². The van der Waals surface area contributed by atoms with Gasteiger partial charge in [0, 0.05) is 25.0 Å². The summed E-state index contributed by atoms with van der Waals surface area (Å²) >= 11 is 0. The van der Waals surface area contributed by atoms with E-state index in [0.717, 1.165) is 0 Å². The highest BCUT2D eigenvalue weighted by Gasteiger charge is 2.30. The molecule has 2 rings (SSSR count). The molecule has 1 fully saturated rings. The van der Waals surface area contributed by atoms with Gasteiger partial charge < -0.3 is 10.6 Å². The number of sulfone groups is 1. The maximum absolute atomic E-state index is 11.5. The fourth-order valence-electron chi connectivity index (χ4n) is 2.04. The molecule has 1 aromatic heterocycles. The Morgan fingerprint density at radius 1 is 1.50 bits per heavy atom. The lowest BCUT2D eigenvalue weighted by Gasteiger charge is -2.34. The number of hydrogen-bond acceptors (Lipinski definition) is 6. The third-order valence-corrected chi connectivity index (χ3v) is 4.67. The monoisotopic (exact) mass is 269 g/mol. The minimum absolute atomic E-state index is 0.0842. The molecule has 1 aliphatic heterocycles. The van der Waals surface area contributed by atoms with Gasteiger partial charge in [-0.3, -0.25) is 5.41 Å². The van der Waals surface area contributed by atoms with Crippen molar-refractivity contribution in [3.63, 3.8) is 0 Å². The highest BCUT2D eigenvalue weighted by atomic mass is 32.2. The number of nitrogens with one attached hydrogen (secondary N) is 1. The minimum Gasteiger partial charge on any atom is -0.382 e. The smallest absolute Gasteiger partial charge is 0.158 e. The van der Waals surface area contributed by atoms with Crippen LogP contribution in [0.3, 0.4) is 0 Å². The summed E-state index contributed by atoms with van der Waals surface area (Å²) in [6.07, 6.45) is 2.98. The molecule has 0 saturated carbocycles. The van der Waals surface area contributed by atoms with Gasteiger partial charge in [0.1, 0.15) is 11.5 Å². The molecule has 98 valence electrons. The molecule has 3 N–H and O–H groups in total. The summed E-state index contributed by atoms with van der Waals surface area (Å²) in [5.74, 6) is 0.484.